The maximum absolute atomic E-state index is 12.8. The number of carbonyl (C=O) groups excluding carboxylic acids is 1. The minimum atomic E-state index is -0.949. The molecule has 3 N–H and O–H groups in total. The quantitative estimate of drug-likeness (QED) is 0.748. The van der Waals surface area contributed by atoms with E-state index < -0.39 is 23.8 Å². The predicted molar refractivity (Wildman–Crippen MR) is 104 cm³/mol. The van der Waals surface area contributed by atoms with Crippen molar-refractivity contribution < 1.29 is 19.7 Å². The topological polar surface area (TPSA) is 94.9 Å². The Labute approximate surface area is 164 Å². The van der Waals surface area contributed by atoms with Crippen molar-refractivity contribution in [3.05, 3.63) is 53.9 Å². The van der Waals surface area contributed by atoms with Crippen LogP contribution in [0.3, 0.4) is 0 Å². The zero-order chi connectivity index (χ0) is 19.7. The zero-order valence-electron chi connectivity index (χ0n) is 15.8. The number of aromatic nitrogens is 1. The first kappa shape index (κ1) is 18.7. The predicted octanol–water partition coefficient (Wildman–Crippen LogP) is 1.79. The summed E-state index contributed by atoms with van der Waals surface area (Å²) in [5.74, 6) is 0.250. The number of para-hydroxylation sites is 2. The summed E-state index contributed by atoms with van der Waals surface area (Å²) in [5.41, 5.74) is 0.808. The van der Waals surface area contributed by atoms with Crippen LogP contribution in [0.1, 0.15) is 41.7 Å². The minimum Gasteiger partial charge on any atom is -0.489 e. The molecule has 2 heterocycles. The molecule has 7 nitrogen and oxygen atoms in total. The van der Waals surface area contributed by atoms with Crippen LogP contribution >= 0.6 is 0 Å². The number of hydrogen-bond acceptors (Lipinski definition) is 6. The van der Waals surface area contributed by atoms with Crippen LogP contribution in [-0.2, 0) is 5.60 Å². The van der Waals surface area contributed by atoms with E-state index in [-0.39, 0.29) is 12.3 Å². The molecule has 1 fully saturated rings. The highest BCUT2D eigenvalue weighted by molar-refractivity contribution is 5.92. The van der Waals surface area contributed by atoms with Crippen LogP contribution in [0.4, 0.5) is 5.69 Å². The standard InChI is InChI=1S/C21H25N3O4/c1-24-17-6-2-3-7-18(17)28-13-16(20(24)26)23-19(25)15-12-14(8-11-22-15)21(27)9-4-5-10-21/h2-3,6-8,11-12,16,20,26-27H,4-5,9-10,13H2,1H3,(H,23,25)/t16-,20?/m0/s1. The summed E-state index contributed by atoms with van der Waals surface area (Å²) in [4.78, 5) is 18.6. The lowest BCUT2D eigenvalue weighted by atomic mass is 9.92. The highest BCUT2D eigenvalue weighted by Gasteiger charge is 2.34. The molecule has 7 heteroatoms. The second kappa shape index (κ2) is 7.41. The van der Waals surface area contributed by atoms with Gasteiger partial charge in [0.05, 0.1) is 11.3 Å². The van der Waals surface area contributed by atoms with Crippen LogP contribution in [0.5, 0.6) is 5.75 Å². The number of anilines is 1. The molecule has 2 atom stereocenters. The van der Waals surface area contributed by atoms with Gasteiger partial charge >= 0.3 is 0 Å². The first-order valence-electron chi connectivity index (χ1n) is 9.60. The third-order valence-electron chi connectivity index (χ3n) is 5.70. The van der Waals surface area contributed by atoms with Crippen molar-refractivity contribution in [1.29, 1.82) is 0 Å². The van der Waals surface area contributed by atoms with Crippen molar-refractivity contribution in [2.45, 2.75) is 43.6 Å². The summed E-state index contributed by atoms with van der Waals surface area (Å²) >= 11 is 0. The second-order valence-electron chi connectivity index (χ2n) is 7.55. The Morgan fingerprint density at radius 2 is 2.04 bits per heavy atom. The molecule has 0 radical (unpaired) electrons. The number of rotatable bonds is 3. The monoisotopic (exact) mass is 383 g/mol. The fourth-order valence-electron chi connectivity index (χ4n) is 4.00. The number of ether oxygens (including phenoxy) is 1. The van der Waals surface area contributed by atoms with Gasteiger partial charge in [0.2, 0.25) is 0 Å². The smallest absolute Gasteiger partial charge is 0.270 e. The number of amides is 1. The van der Waals surface area contributed by atoms with Crippen LogP contribution in [0.25, 0.3) is 0 Å². The van der Waals surface area contributed by atoms with Crippen molar-refractivity contribution >= 4 is 11.6 Å². The molecular formula is C21H25N3O4. The Kier molecular flexibility index (Phi) is 4.95. The molecule has 1 aliphatic heterocycles. The van der Waals surface area contributed by atoms with E-state index in [0.717, 1.165) is 18.5 Å². The molecule has 1 aromatic heterocycles. The van der Waals surface area contributed by atoms with E-state index in [1.807, 2.05) is 24.3 Å². The third kappa shape index (κ3) is 3.43. The molecule has 2 aliphatic rings. The van der Waals surface area contributed by atoms with Crippen molar-refractivity contribution in [1.82, 2.24) is 10.3 Å². The number of likely N-dealkylation sites (N-methyl/N-ethyl adjacent to an activating group) is 1. The Balaban J connectivity index is 1.51. The van der Waals surface area contributed by atoms with Crippen LogP contribution in [0.2, 0.25) is 0 Å². The third-order valence-corrected chi connectivity index (χ3v) is 5.70. The number of benzene rings is 1. The van der Waals surface area contributed by atoms with Crippen molar-refractivity contribution in [2.75, 3.05) is 18.6 Å². The van der Waals surface area contributed by atoms with E-state index >= 15 is 0 Å². The molecule has 148 valence electrons. The Hall–Kier alpha value is -2.64. The van der Waals surface area contributed by atoms with E-state index in [0.29, 0.717) is 24.2 Å². The average molecular weight is 383 g/mol. The maximum atomic E-state index is 12.8. The molecule has 1 aliphatic carbocycles. The number of carbonyl (C=O) groups is 1. The van der Waals surface area contributed by atoms with E-state index in [4.69, 9.17) is 4.74 Å². The molecule has 4 rings (SSSR count). The highest BCUT2D eigenvalue weighted by atomic mass is 16.5. The van der Waals surface area contributed by atoms with Crippen molar-refractivity contribution in [3.8, 4) is 5.75 Å². The summed E-state index contributed by atoms with van der Waals surface area (Å²) < 4.78 is 5.78. The van der Waals surface area contributed by atoms with Gasteiger partial charge in [0, 0.05) is 13.2 Å². The highest BCUT2D eigenvalue weighted by Crippen LogP contribution is 2.38. The second-order valence-corrected chi connectivity index (χ2v) is 7.55. The van der Waals surface area contributed by atoms with Crippen LogP contribution in [0.15, 0.2) is 42.6 Å². The number of pyridine rings is 1. The van der Waals surface area contributed by atoms with Gasteiger partial charge in [0.25, 0.3) is 5.91 Å². The fraction of sp³-hybridized carbons (Fsp3) is 0.429. The molecule has 0 spiro atoms. The SMILES string of the molecule is CN1c2ccccc2OC[C@H](NC(=O)c2cc(C3(O)CCCC3)ccn2)C1O. The first-order chi connectivity index (χ1) is 13.5. The normalized spacial score (nSPS) is 23.5. The van der Waals surface area contributed by atoms with Crippen molar-refractivity contribution in [3.63, 3.8) is 0 Å². The lowest BCUT2D eigenvalue weighted by Crippen LogP contribution is -2.52. The number of aliphatic hydroxyl groups excluding tert-OH is 1. The van der Waals surface area contributed by atoms with Gasteiger partial charge in [-0.3, -0.25) is 9.78 Å². The lowest BCUT2D eigenvalue weighted by molar-refractivity contribution is 0.0442. The van der Waals surface area contributed by atoms with Gasteiger partial charge in [-0.15, -0.1) is 0 Å². The summed E-state index contributed by atoms with van der Waals surface area (Å²) in [6.07, 6.45) is 3.92. The molecule has 1 unspecified atom stereocenters. The summed E-state index contributed by atoms with van der Waals surface area (Å²) in [5, 5.41) is 24.3. The molecular weight excluding hydrogens is 358 g/mol. The first-order valence-corrected chi connectivity index (χ1v) is 9.60. The number of aliphatic hydroxyl groups is 2. The molecule has 1 aromatic carbocycles. The van der Waals surface area contributed by atoms with Gasteiger partial charge in [0.15, 0.2) is 6.23 Å². The molecule has 0 saturated heterocycles. The van der Waals surface area contributed by atoms with Gasteiger partial charge < -0.3 is 25.2 Å². The lowest BCUT2D eigenvalue weighted by Gasteiger charge is -2.29. The average Bonchev–Trinajstić information content (AvgIpc) is 3.13. The number of hydrogen-bond donors (Lipinski definition) is 3. The number of nitrogens with one attached hydrogen (secondary N) is 1. The largest absolute Gasteiger partial charge is 0.489 e. The van der Waals surface area contributed by atoms with Crippen LogP contribution in [0, 0.1) is 0 Å². The minimum absolute atomic E-state index is 0.137. The zero-order valence-corrected chi connectivity index (χ0v) is 15.8. The van der Waals surface area contributed by atoms with E-state index in [1.54, 1.807) is 30.3 Å². The molecule has 28 heavy (non-hydrogen) atoms. The van der Waals surface area contributed by atoms with Gasteiger partial charge in [0.1, 0.15) is 24.1 Å². The van der Waals surface area contributed by atoms with Crippen LogP contribution < -0.4 is 15.0 Å². The molecule has 2 aromatic rings. The van der Waals surface area contributed by atoms with Gasteiger partial charge in [-0.25, -0.2) is 0 Å². The van der Waals surface area contributed by atoms with Crippen LogP contribution in [-0.4, -0.2) is 47.0 Å². The van der Waals surface area contributed by atoms with E-state index in [1.165, 1.54) is 0 Å². The maximum Gasteiger partial charge on any atom is 0.270 e. The fourth-order valence-corrected chi connectivity index (χ4v) is 4.00. The van der Waals surface area contributed by atoms with Gasteiger partial charge in [-0.05, 0) is 42.7 Å². The van der Waals surface area contributed by atoms with Gasteiger partial charge in [-0.1, -0.05) is 25.0 Å². The van der Waals surface area contributed by atoms with Crippen molar-refractivity contribution in [2.24, 2.45) is 0 Å². The Bertz CT molecular complexity index is 866. The van der Waals surface area contributed by atoms with E-state index in [2.05, 4.69) is 10.3 Å². The summed E-state index contributed by atoms with van der Waals surface area (Å²) in [6, 6.07) is 10.2. The Morgan fingerprint density at radius 1 is 1.29 bits per heavy atom. The van der Waals surface area contributed by atoms with Gasteiger partial charge in [-0.2, -0.15) is 0 Å². The summed E-state index contributed by atoms with van der Waals surface area (Å²) in [6.45, 7) is 0.137. The number of fused-ring (bicyclic) bond motifs is 1. The molecule has 1 amide bonds. The molecule has 1 saturated carbocycles. The summed E-state index contributed by atoms with van der Waals surface area (Å²) in [7, 11) is 1.76. The van der Waals surface area contributed by atoms with E-state index in [9.17, 15) is 15.0 Å². The Morgan fingerprint density at radius 3 is 2.82 bits per heavy atom. The molecule has 0 bridgehead atoms. The number of nitrogens with zero attached hydrogens (tertiary/aromatic N) is 2.